The fourth-order valence-corrected chi connectivity index (χ4v) is 4.36. The second-order valence-corrected chi connectivity index (χ2v) is 9.16. The van der Waals surface area contributed by atoms with Crippen molar-refractivity contribution in [2.24, 2.45) is 0 Å². The average Bonchev–Trinajstić information content (AvgIpc) is 2.73. The van der Waals surface area contributed by atoms with Crippen molar-refractivity contribution in [1.82, 2.24) is 10.3 Å². The van der Waals surface area contributed by atoms with E-state index in [1.165, 1.54) is 12.1 Å². The van der Waals surface area contributed by atoms with E-state index >= 15 is 0 Å². The Bertz CT molecular complexity index is 1130. The first kappa shape index (κ1) is 21.8. The lowest BCUT2D eigenvalue weighted by molar-refractivity contribution is -0.119. The Balaban J connectivity index is 1.90. The van der Waals surface area contributed by atoms with Gasteiger partial charge in [-0.15, -0.1) is 0 Å². The van der Waals surface area contributed by atoms with Crippen molar-refractivity contribution in [2.75, 3.05) is 10.8 Å². The molecule has 0 bridgehead atoms. The van der Waals surface area contributed by atoms with Crippen molar-refractivity contribution in [3.8, 4) is 0 Å². The van der Waals surface area contributed by atoms with E-state index in [0.717, 1.165) is 21.0 Å². The maximum atomic E-state index is 13.3. The van der Waals surface area contributed by atoms with Gasteiger partial charge in [-0.1, -0.05) is 35.4 Å². The molecular weight excluding hydrogens is 422 g/mol. The van der Waals surface area contributed by atoms with Crippen LogP contribution in [0.5, 0.6) is 0 Å². The van der Waals surface area contributed by atoms with Crippen molar-refractivity contribution in [1.29, 1.82) is 0 Å². The van der Waals surface area contributed by atoms with Gasteiger partial charge in [0.15, 0.2) is 0 Å². The molecule has 0 atom stereocenters. The van der Waals surface area contributed by atoms with Crippen molar-refractivity contribution >= 4 is 33.2 Å². The third-order valence-corrected chi connectivity index (χ3v) is 6.77. The van der Waals surface area contributed by atoms with Crippen LogP contribution in [0.4, 0.5) is 5.69 Å². The summed E-state index contributed by atoms with van der Waals surface area (Å²) >= 11 is 6.22. The Kier molecular flexibility index (Phi) is 6.74. The predicted octanol–water partition coefficient (Wildman–Crippen LogP) is 3.86. The Hall–Kier alpha value is -2.90. The molecular formula is C22H22ClN3O3S. The maximum absolute atomic E-state index is 13.3. The van der Waals surface area contributed by atoms with E-state index in [4.69, 9.17) is 11.6 Å². The Morgan fingerprint density at radius 2 is 1.70 bits per heavy atom. The normalized spacial score (nSPS) is 11.2. The summed E-state index contributed by atoms with van der Waals surface area (Å²) in [6.07, 6.45) is 3.26. The number of carbonyl (C=O) groups is 1. The van der Waals surface area contributed by atoms with Gasteiger partial charge >= 0.3 is 0 Å². The number of hydrogen-bond donors (Lipinski definition) is 1. The van der Waals surface area contributed by atoms with Gasteiger partial charge in [-0.3, -0.25) is 14.1 Å². The van der Waals surface area contributed by atoms with E-state index in [9.17, 15) is 13.2 Å². The number of rotatable bonds is 7. The van der Waals surface area contributed by atoms with Gasteiger partial charge in [-0.2, -0.15) is 0 Å². The second kappa shape index (κ2) is 9.28. The summed E-state index contributed by atoms with van der Waals surface area (Å²) in [5.74, 6) is -0.431. The molecule has 0 aliphatic heterocycles. The number of aromatic nitrogens is 1. The van der Waals surface area contributed by atoms with Gasteiger partial charge in [-0.25, -0.2) is 8.42 Å². The summed E-state index contributed by atoms with van der Waals surface area (Å²) in [7, 11) is -3.97. The van der Waals surface area contributed by atoms with Crippen molar-refractivity contribution in [3.63, 3.8) is 0 Å². The van der Waals surface area contributed by atoms with Crippen LogP contribution < -0.4 is 9.62 Å². The zero-order chi connectivity index (χ0) is 21.7. The maximum Gasteiger partial charge on any atom is 0.264 e. The Morgan fingerprint density at radius 1 is 1.03 bits per heavy atom. The van der Waals surface area contributed by atoms with E-state index in [2.05, 4.69) is 10.3 Å². The molecule has 0 unspecified atom stereocenters. The molecule has 0 fully saturated rings. The molecule has 1 aromatic heterocycles. The molecule has 0 radical (unpaired) electrons. The summed E-state index contributed by atoms with van der Waals surface area (Å²) in [6.45, 7) is 3.60. The molecule has 3 rings (SSSR count). The van der Waals surface area contributed by atoms with Gasteiger partial charge in [0.1, 0.15) is 6.54 Å². The molecule has 0 aliphatic carbocycles. The quantitative estimate of drug-likeness (QED) is 0.601. The molecule has 2 aromatic carbocycles. The van der Waals surface area contributed by atoms with E-state index in [1.54, 1.807) is 54.9 Å². The molecule has 0 saturated carbocycles. The Morgan fingerprint density at radius 3 is 2.33 bits per heavy atom. The van der Waals surface area contributed by atoms with Crippen LogP contribution in [0.1, 0.15) is 16.7 Å². The molecule has 0 saturated heterocycles. The van der Waals surface area contributed by atoms with Crippen LogP contribution in [0.2, 0.25) is 5.02 Å². The number of anilines is 1. The first-order chi connectivity index (χ1) is 14.3. The van der Waals surface area contributed by atoms with Crippen molar-refractivity contribution < 1.29 is 13.2 Å². The highest BCUT2D eigenvalue weighted by atomic mass is 35.5. The minimum Gasteiger partial charge on any atom is -0.350 e. The van der Waals surface area contributed by atoms with Crippen LogP contribution in [0.15, 0.2) is 71.9 Å². The molecule has 0 aliphatic rings. The minimum absolute atomic E-state index is 0.103. The Labute approximate surface area is 181 Å². The lowest BCUT2D eigenvalue weighted by Gasteiger charge is -2.24. The largest absolute Gasteiger partial charge is 0.350 e. The average molecular weight is 444 g/mol. The highest BCUT2D eigenvalue weighted by Crippen LogP contribution is 2.28. The number of nitrogens with one attached hydrogen (secondary N) is 1. The van der Waals surface area contributed by atoms with Crippen LogP contribution in [0.25, 0.3) is 0 Å². The summed E-state index contributed by atoms with van der Waals surface area (Å²) < 4.78 is 27.8. The first-order valence-corrected chi connectivity index (χ1v) is 11.1. The topological polar surface area (TPSA) is 79.4 Å². The number of nitrogens with zero attached hydrogens (tertiary/aromatic N) is 2. The van der Waals surface area contributed by atoms with Crippen molar-refractivity contribution in [2.45, 2.75) is 25.3 Å². The monoisotopic (exact) mass is 443 g/mol. The third kappa shape index (κ3) is 5.17. The molecule has 1 amide bonds. The summed E-state index contributed by atoms with van der Waals surface area (Å²) in [6, 6.07) is 15.0. The molecule has 30 heavy (non-hydrogen) atoms. The lowest BCUT2D eigenvalue weighted by Crippen LogP contribution is -2.40. The van der Waals surface area contributed by atoms with Crippen LogP contribution in [0.3, 0.4) is 0 Å². The third-order valence-electron chi connectivity index (χ3n) is 4.58. The van der Waals surface area contributed by atoms with E-state index in [0.29, 0.717) is 10.7 Å². The van der Waals surface area contributed by atoms with Gasteiger partial charge in [-0.05, 0) is 61.4 Å². The highest BCUT2D eigenvalue weighted by Gasteiger charge is 2.27. The summed E-state index contributed by atoms with van der Waals surface area (Å²) in [5, 5.41) is 3.18. The van der Waals surface area contributed by atoms with Crippen LogP contribution in [-0.4, -0.2) is 25.9 Å². The van der Waals surface area contributed by atoms with Gasteiger partial charge in [0.25, 0.3) is 10.0 Å². The molecule has 8 heteroatoms. The zero-order valence-electron chi connectivity index (χ0n) is 16.7. The highest BCUT2D eigenvalue weighted by molar-refractivity contribution is 7.92. The van der Waals surface area contributed by atoms with Gasteiger partial charge in [0.05, 0.1) is 10.6 Å². The van der Waals surface area contributed by atoms with Gasteiger partial charge in [0.2, 0.25) is 5.91 Å². The summed E-state index contributed by atoms with van der Waals surface area (Å²) in [5.41, 5.74) is 2.94. The number of aryl methyl sites for hydroxylation is 2. The number of hydrogen-bond acceptors (Lipinski definition) is 4. The van der Waals surface area contributed by atoms with Crippen LogP contribution in [0, 0.1) is 13.8 Å². The van der Waals surface area contributed by atoms with Crippen LogP contribution >= 0.6 is 11.6 Å². The fourth-order valence-electron chi connectivity index (χ4n) is 2.78. The predicted molar refractivity (Wildman–Crippen MR) is 118 cm³/mol. The van der Waals surface area contributed by atoms with E-state index in [1.807, 2.05) is 13.8 Å². The molecule has 0 spiro atoms. The number of halogens is 1. The number of sulfonamides is 1. The number of amides is 1. The number of pyridine rings is 1. The smallest absolute Gasteiger partial charge is 0.264 e. The van der Waals surface area contributed by atoms with E-state index < -0.39 is 15.9 Å². The van der Waals surface area contributed by atoms with Crippen LogP contribution in [-0.2, 0) is 21.4 Å². The number of benzene rings is 2. The van der Waals surface area contributed by atoms with Gasteiger partial charge < -0.3 is 5.32 Å². The van der Waals surface area contributed by atoms with E-state index in [-0.39, 0.29) is 18.0 Å². The fraction of sp³-hybridized carbons (Fsp3) is 0.182. The van der Waals surface area contributed by atoms with Crippen molar-refractivity contribution in [3.05, 3.63) is 88.7 Å². The standard InChI is InChI=1S/C22H22ClN3O3S/c1-16-3-7-20(8-4-16)30(28,29)26(19-6-5-17(2)21(23)13-19)15-22(27)25-14-18-9-11-24-12-10-18/h3-13H,14-15H2,1-2H3,(H,25,27). The van der Waals surface area contributed by atoms with Gasteiger partial charge in [0, 0.05) is 24.0 Å². The lowest BCUT2D eigenvalue weighted by atomic mass is 10.2. The SMILES string of the molecule is Cc1ccc(S(=O)(=O)N(CC(=O)NCc2ccncc2)c2ccc(C)c(Cl)c2)cc1. The molecule has 1 heterocycles. The summed E-state index contributed by atoms with van der Waals surface area (Å²) in [4.78, 5) is 16.7. The molecule has 3 aromatic rings. The first-order valence-electron chi connectivity index (χ1n) is 9.28. The number of carbonyl (C=O) groups excluding carboxylic acids is 1. The molecule has 156 valence electrons. The molecule has 1 N–H and O–H groups in total. The molecule has 6 nitrogen and oxygen atoms in total. The second-order valence-electron chi connectivity index (χ2n) is 6.89. The zero-order valence-corrected chi connectivity index (χ0v) is 18.2. The minimum atomic E-state index is -3.97.